The van der Waals surface area contributed by atoms with Gasteiger partial charge in [-0.2, -0.15) is 5.10 Å². The van der Waals surface area contributed by atoms with E-state index in [2.05, 4.69) is 10.2 Å². The van der Waals surface area contributed by atoms with Gasteiger partial charge in [-0.15, -0.1) is 0 Å². The van der Waals surface area contributed by atoms with Gasteiger partial charge in [-0.3, -0.25) is 9.89 Å². The maximum absolute atomic E-state index is 12.9. The third-order valence-electron chi connectivity index (χ3n) is 5.46. The zero-order valence-corrected chi connectivity index (χ0v) is 19.3. The first-order chi connectivity index (χ1) is 15.2. The van der Waals surface area contributed by atoms with Crippen molar-refractivity contribution >= 4 is 20.6 Å². The number of aromatic amines is 1. The summed E-state index contributed by atoms with van der Waals surface area (Å²) in [5.41, 5.74) is 3.92. The summed E-state index contributed by atoms with van der Waals surface area (Å²) in [5, 5.41) is 8.32. The molecule has 2 aromatic carbocycles. The van der Waals surface area contributed by atoms with Gasteiger partial charge in [0.1, 0.15) is 5.75 Å². The van der Waals surface area contributed by atoms with Crippen molar-refractivity contribution in [3.05, 3.63) is 64.8 Å². The number of nitrogens with zero attached hydrogens (tertiary/aromatic N) is 2. The Kier molecular flexibility index (Phi) is 5.64. The van der Waals surface area contributed by atoms with Gasteiger partial charge >= 0.3 is 0 Å². The van der Waals surface area contributed by atoms with Crippen molar-refractivity contribution in [3.63, 3.8) is 0 Å². The quantitative estimate of drug-likeness (QED) is 0.476. The molecule has 0 saturated heterocycles. The molecular weight excluding hydrogens is 426 g/mol. The van der Waals surface area contributed by atoms with Crippen LogP contribution in [0.1, 0.15) is 19.0 Å². The van der Waals surface area contributed by atoms with Crippen molar-refractivity contribution in [3.8, 4) is 28.0 Å². The summed E-state index contributed by atoms with van der Waals surface area (Å²) in [6, 6.07) is 10.5. The van der Waals surface area contributed by atoms with Crippen LogP contribution in [0.5, 0.6) is 5.75 Å². The van der Waals surface area contributed by atoms with Gasteiger partial charge in [0.05, 0.1) is 17.2 Å². The smallest absolute Gasteiger partial charge is 0.258 e. The van der Waals surface area contributed by atoms with E-state index in [1.807, 2.05) is 32.2 Å². The lowest BCUT2D eigenvalue weighted by atomic mass is 9.96. The molecule has 0 aliphatic carbocycles. The third-order valence-corrected chi connectivity index (χ3v) is 6.57. The van der Waals surface area contributed by atoms with Gasteiger partial charge in [0.15, 0.2) is 9.84 Å². The summed E-state index contributed by atoms with van der Waals surface area (Å²) in [5.74, 6) is 0.573. The average molecular weight is 452 g/mol. The number of sulfone groups is 1. The number of nitrogens with one attached hydrogen (secondary N) is 1. The van der Waals surface area contributed by atoms with E-state index < -0.39 is 9.84 Å². The largest absolute Gasteiger partial charge is 0.493 e. The minimum absolute atomic E-state index is 0.130. The third kappa shape index (κ3) is 3.93. The van der Waals surface area contributed by atoms with E-state index in [0.717, 1.165) is 34.2 Å². The maximum Gasteiger partial charge on any atom is 0.258 e. The van der Waals surface area contributed by atoms with Crippen molar-refractivity contribution in [1.82, 2.24) is 14.8 Å². The van der Waals surface area contributed by atoms with Crippen LogP contribution >= 0.6 is 0 Å². The number of aryl methyl sites for hydroxylation is 2. The minimum Gasteiger partial charge on any atom is -0.493 e. The highest BCUT2D eigenvalue weighted by molar-refractivity contribution is 7.90. The molecule has 4 aromatic rings. The van der Waals surface area contributed by atoms with Crippen LogP contribution < -0.4 is 10.3 Å². The van der Waals surface area contributed by atoms with E-state index >= 15 is 0 Å². The highest BCUT2D eigenvalue weighted by Gasteiger charge is 2.18. The Morgan fingerprint density at radius 3 is 2.50 bits per heavy atom. The summed E-state index contributed by atoms with van der Waals surface area (Å²) < 4.78 is 32.0. The molecule has 0 spiro atoms. The zero-order valence-electron chi connectivity index (χ0n) is 18.5. The predicted molar refractivity (Wildman–Crippen MR) is 126 cm³/mol. The predicted octanol–water partition coefficient (Wildman–Crippen LogP) is 4.10. The van der Waals surface area contributed by atoms with Crippen molar-refractivity contribution < 1.29 is 13.2 Å². The highest BCUT2D eigenvalue weighted by atomic mass is 32.2. The fourth-order valence-electron chi connectivity index (χ4n) is 3.79. The van der Waals surface area contributed by atoms with Gasteiger partial charge in [-0.05, 0) is 54.6 Å². The van der Waals surface area contributed by atoms with E-state index in [4.69, 9.17) is 4.74 Å². The van der Waals surface area contributed by atoms with Crippen molar-refractivity contribution in [2.24, 2.45) is 7.05 Å². The molecule has 7 nitrogen and oxygen atoms in total. The van der Waals surface area contributed by atoms with Crippen LogP contribution in [0.15, 0.2) is 58.5 Å². The Morgan fingerprint density at radius 1 is 1.06 bits per heavy atom. The molecule has 2 heterocycles. The van der Waals surface area contributed by atoms with Crippen LogP contribution in [-0.2, 0) is 16.9 Å². The van der Waals surface area contributed by atoms with E-state index in [1.54, 1.807) is 37.5 Å². The lowest BCUT2D eigenvalue weighted by Gasteiger charge is -2.16. The number of fused-ring (bicyclic) bond motifs is 1. The number of aromatic nitrogens is 3. The van der Waals surface area contributed by atoms with Gasteiger partial charge in [-0.1, -0.05) is 13.0 Å². The number of benzene rings is 2. The lowest BCUT2D eigenvalue weighted by Crippen LogP contribution is -2.16. The first kappa shape index (κ1) is 21.8. The summed E-state index contributed by atoms with van der Waals surface area (Å²) in [4.78, 5) is 13.1. The van der Waals surface area contributed by atoms with Gasteiger partial charge < -0.3 is 9.30 Å². The van der Waals surface area contributed by atoms with Crippen LogP contribution in [0.25, 0.3) is 33.0 Å². The van der Waals surface area contributed by atoms with Crippen LogP contribution in [0.2, 0.25) is 0 Å². The highest BCUT2D eigenvalue weighted by Crippen LogP contribution is 2.37. The standard InChI is InChI=1S/C24H25N3O4S/c1-5-10-31-23-9-7-17(32(4,29)30)12-20(23)22-14-27(3)24(28)18-8-6-16(11-19(18)22)21-13-25-26-15(21)2/h6-9,11-14H,5,10H2,1-4H3,(H,25,26). The van der Waals surface area contributed by atoms with Crippen LogP contribution in [0.3, 0.4) is 0 Å². The second-order valence-corrected chi connectivity index (χ2v) is 9.90. The summed E-state index contributed by atoms with van der Waals surface area (Å²) in [6.07, 6.45) is 5.54. The fraction of sp³-hybridized carbons (Fsp3) is 0.250. The normalized spacial score (nSPS) is 11.8. The number of ether oxygens (including phenoxy) is 1. The molecule has 0 bridgehead atoms. The Labute approximate surface area is 186 Å². The summed E-state index contributed by atoms with van der Waals surface area (Å²) >= 11 is 0. The van der Waals surface area contributed by atoms with E-state index in [9.17, 15) is 13.2 Å². The molecule has 0 unspecified atom stereocenters. The summed E-state index contributed by atoms with van der Waals surface area (Å²) in [7, 11) is -1.74. The molecule has 32 heavy (non-hydrogen) atoms. The molecule has 0 saturated carbocycles. The molecule has 0 aliphatic rings. The Morgan fingerprint density at radius 2 is 1.84 bits per heavy atom. The molecule has 166 valence electrons. The van der Waals surface area contributed by atoms with Gasteiger partial charge in [0, 0.05) is 47.8 Å². The summed E-state index contributed by atoms with van der Waals surface area (Å²) in [6.45, 7) is 4.41. The SMILES string of the molecule is CCCOc1ccc(S(C)(=O)=O)cc1-c1cn(C)c(=O)c2ccc(-c3c[nH]nc3C)cc12. The van der Waals surface area contributed by atoms with E-state index in [1.165, 1.54) is 10.8 Å². The number of hydrogen-bond donors (Lipinski definition) is 1. The van der Waals surface area contributed by atoms with Crippen molar-refractivity contribution in [1.29, 1.82) is 0 Å². The Hall–Kier alpha value is -3.39. The Balaban J connectivity index is 2.06. The number of pyridine rings is 1. The second kappa shape index (κ2) is 8.27. The van der Waals surface area contributed by atoms with Crippen molar-refractivity contribution in [2.75, 3.05) is 12.9 Å². The molecule has 0 fully saturated rings. The van der Waals surface area contributed by atoms with Crippen LogP contribution in [-0.4, -0.2) is 36.0 Å². The number of hydrogen-bond acceptors (Lipinski definition) is 5. The van der Waals surface area contributed by atoms with Crippen LogP contribution in [0, 0.1) is 6.92 Å². The topological polar surface area (TPSA) is 94.0 Å². The average Bonchev–Trinajstić information content (AvgIpc) is 3.19. The lowest BCUT2D eigenvalue weighted by molar-refractivity contribution is 0.318. The second-order valence-electron chi connectivity index (χ2n) is 7.88. The molecule has 1 N–H and O–H groups in total. The Bertz CT molecular complexity index is 1480. The van der Waals surface area contributed by atoms with Gasteiger partial charge in [0.2, 0.25) is 0 Å². The molecule has 4 rings (SSSR count). The van der Waals surface area contributed by atoms with Gasteiger partial charge in [-0.25, -0.2) is 8.42 Å². The molecule has 0 radical (unpaired) electrons. The maximum atomic E-state index is 12.9. The zero-order chi connectivity index (χ0) is 23.0. The first-order valence-corrected chi connectivity index (χ1v) is 12.2. The fourth-order valence-corrected chi connectivity index (χ4v) is 4.43. The number of H-pyrrole nitrogens is 1. The molecule has 2 aromatic heterocycles. The van der Waals surface area contributed by atoms with Crippen LogP contribution in [0.4, 0.5) is 0 Å². The van der Waals surface area contributed by atoms with Gasteiger partial charge in [0.25, 0.3) is 5.56 Å². The number of rotatable bonds is 6. The van der Waals surface area contributed by atoms with E-state index in [0.29, 0.717) is 23.3 Å². The molecule has 0 atom stereocenters. The molecular formula is C24H25N3O4S. The molecule has 8 heteroatoms. The van der Waals surface area contributed by atoms with Crippen molar-refractivity contribution in [2.45, 2.75) is 25.2 Å². The first-order valence-electron chi connectivity index (χ1n) is 10.3. The van der Waals surface area contributed by atoms with E-state index in [-0.39, 0.29) is 10.5 Å². The minimum atomic E-state index is -3.43. The molecule has 0 amide bonds. The monoisotopic (exact) mass is 451 g/mol. The molecule has 0 aliphatic heterocycles.